The quantitative estimate of drug-likeness (QED) is 0.856. The predicted octanol–water partition coefficient (Wildman–Crippen LogP) is 2.54. The van der Waals surface area contributed by atoms with Crippen LogP contribution in [-0.2, 0) is 22.6 Å². The molecule has 0 unspecified atom stereocenters. The van der Waals surface area contributed by atoms with Crippen molar-refractivity contribution >= 4 is 38.2 Å². The van der Waals surface area contributed by atoms with Crippen LogP contribution in [0.2, 0.25) is 0 Å². The monoisotopic (exact) mass is 275 g/mol. The smallest absolute Gasteiger partial charge is 0.221 e. The molecule has 1 N–H and O–H groups in total. The number of anilines is 1. The number of halogens is 1. The van der Waals surface area contributed by atoms with E-state index in [2.05, 4.69) is 21.2 Å². The lowest BCUT2D eigenvalue weighted by atomic mass is 10.2. The van der Waals surface area contributed by atoms with Crippen LogP contribution in [0.25, 0.3) is 0 Å². The second-order valence-corrected chi connectivity index (χ2v) is 5.03. The topological polar surface area (TPSA) is 38.3 Å². The van der Waals surface area contributed by atoms with Gasteiger partial charge < -0.3 is 10.1 Å². The van der Waals surface area contributed by atoms with Crippen molar-refractivity contribution in [2.75, 3.05) is 11.9 Å². The SMILES string of the molecule is CC(=O)Nc1sc2c(c1Br)CCOC2. The molecule has 1 aliphatic heterocycles. The summed E-state index contributed by atoms with van der Waals surface area (Å²) in [5.74, 6) is -0.0368. The van der Waals surface area contributed by atoms with Gasteiger partial charge in [-0.05, 0) is 27.9 Å². The minimum atomic E-state index is -0.0368. The highest BCUT2D eigenvalue weighted by molar-refractivity contribution is 9.10. The highest BCUT2D eigenvalue weighted by Gasteiger charge is 2.19. The van der Waals surface area contributed by atoms with E-state index >= 15 is 0 Å². The zero-order valence-corrected chi connectivity index (χ0v) is 10.1. The van der Waals surface area contributed by atoms with E-state index in [0.717, 1.165) is 22.5 Å². The van der Waals surface area contributed by atoms with E-state index in [1.54, 1.807) is 11.3 Å². The lowest BCUT2D eigenvalue weighted by molar-refractivity contribution is -0.114. The third-order valence-electron chi connectivity index (χ3n) is 2.05. The summed E-state index contributed by atoms with van der Waals surface area (Å²) in [6.45, 7) is 2.95. The standard InChI is InChI=1S/C9H10BrNO2S/c1-5(12)11-9-8(10)6-2-3-13-4-7(6)14-9/h2-4H2,1H3,(H,11,12). The number of hydrogen-bond donors (Lipinski definition) is 1. The van der Waals surface area contributed by atoms with Crippen LogP contribution in [-0.4, -0.2) is 12.5 Å². The second kappa shape index (κ2) is 4.00. The summed E-state index contributed by atoms with van der Waals surface area (Å²) < 4.78 is 6.37. The van der Waals surface area contributed by atoms with Crippen LogP contribution in [0.1, 0.15) is 17.4 Å². The van der Waals surface area contributed by atoms with Crippen LogP contribution in [0.3, 0.4) is 0 Å². The lowest BCUT2D eigenvalue weighted by Gasteiger charge is -2.11. The highest BCUT2D eigenvalue weighted by Crippen LogP contribution is 2.40. The summed E-state index contributed by atoms with van der Waals surface area (Å²) in [5.41, 5.74) is 1.28. The maximum Gasteiger partial charge on any atom is 0.221 e. The fourth-order valence-corrected chi connectivity index (χ4v) is 3.47. The van der Waals surface area contributed by atoms with Gasteiger partial charge in [0, 0.05) is 11.8 Å². The van der Waals surface area contributed by atoms with Gasteiger partial charge in [-0.15, -0.1) is 11.3 Å². The Morgan fingerprint density at radius 2 is 2.43 bits per heavy atom. The largest absolute Gasteiger partial charge is 0.376 e. The summed E-state index contributed by atoms with van der Waals surface area (Å²) in [5, 5.41) is 3.70. The number of ether oxygens (including phenoxy) is 1. The minimum absolute atomic E-state index is 0.0368. The Kier molecular flexibility index (Phi) is 2.90. The van der Waals surface area contributed by atoms with Crippen LogP contribution < -0.4 is 5.32 Å². The lowest BCUT2D eigenvalue weighted by Crippen LogP contribution is -2.07. The Hall–Kier alpha value is -0.390. The summed E-state index contributed by atoms with van der Waals surface area (Å²) in [6.07, 6.45) is 0.923. The van der Waals surface area contributed by atoms with Gasteiger partial charge >= 0.3 is 0 Å². The van der Waals surface area contributed by atoms with Crippen LogP contribution >= 0.6 is 27.3 Å². The molecule has 0 aliphatic carbocycles. The van der Waals surface area contributed by atoms with Gasteiger partial charge in [0.2, 0.25) is 5.91 Å². The van der Waals surface area contributed by atoms with Crippen molar-refractivity contribution in [3.8, 4) is 0 Å². The Morgan fingerprint density at radius 3 is 3.07 bits per heavy atom. The number of hydrogen-bond acceptors (Lipinski definition) is 3. The Labute approximate surface area is 94.6 Å². The third-order valence-corrected chi connectivity index (χ3v) is 4.30. The number of amides is 1. The predicted molar refractivity (Wildman–Crippen MR) is 59.7 cm³/mol. The molecule has 0 aromatic carbocycles. The van der Waals surface area contributed by atoms with Crippen molar-refractivity contribution in [3.63, 3.8) is 0 Å². The van der Waals surface area contributed by atoms with E-state index < -0.39 is 0 Å². The van der Waals surface area contributed by atoms with Crippen molar-refractivity contribution < 1.29 is 9.53 Å². The fraction of sp³-hybridized carbons (Fsp3) is 0.444. The molecule has 0 spiro atoms. The van der Waals surface area contributed by atoms with Gasteiger partial charge in [0.1, 0.15) is 5.00 Å². The van der Waals surface area contributed by atoms with Crippen LogP contribution in [0.5, 0.6) is 0 Å². The average molecular weight is 276 g/mol. The molecule has 3 nitrogen and oxygen atoms in total. The molecule has 1 aliphatic rings. The van der Waals surface area contributed by atoms with Crippen molar-refractivity contribution in [2.45, 2.75) is 20.0 Å². The van der Waals surface area contributed by atoms with E-state index in [1.807, 2.05) is 0 Å². The van der Waals surface area contributed by atoms with Gasteiger partial charge in [-0.3, -0.25) is 4.79 Å². The summed E-state index contributed by atoms with van der Waals surface area (Å²) >= 11 is 5.09. The second-order valence-electron chi connectivity index (χ2n) is 3.13. The Bertz CT molecular complexity index is 375. The average Bonchev–Trinajstić information content (AvgIpc) is 2.44. The molecular formula is C9H10BrNO2S. The molecule has 1 amide bonds. The Morgan fingerprint density at radius 1 is 1.64 bits per heavy atom. The molecular weight excluding hydrogens is 266 g/mol. The summed E-state index contributed by atoms with van der Waals surface area (Å²) in [6, 6.07) is 0. The summed E-state index contributed by atoms with van der Waals surface area (Å²) in [4.78, 5) is 12.1. The molecule has 0 atom stereocenters. The van der Waals surface area contributed by atoms with E-state index in [9.17, 15) is 4.79 Å². The van der Waals surface area contributed by atoms with Crippen molar-refractivity contribution in [3.05, 3.63) is 14.9 Å². The first-order valence-electron chi connectivity index (χ1n) is 4.34. The molecule has 2 heterocycles. The molecule has 14 heavy (non-hydrogen) atoms. The van der Waals surface area contributed by atoms with Crippen LogP contribution in [0.15, 0.2) is 4.47 Å². The van der Waals surface area contributed by atoms with Crippen molar-refractivity contribution in [2.24, 2.45) is 0 Å². The van der Waals surface area contributed by atoms with Gasteiger partial charge in [-0.1, -0.05) is 0 Å². The first-order chi connectivity index (χ1) is 6.68. The molecule has 2 rings (SSSR count). The van der Waals surface area contributed by atoms with Crippen LogP contribution in [0.4, 0.5) is 5.00 Å². The van der Waals surface area contributed by atoms with Crippen molar-refractivity contribution in [1.82, 2.24) is 0 Å². The van der Waals surface area contributed by atoms with Crippen molar-refractivity contribution in [1.29, 1.82) is 0 Å². The number of fused-ring (bicyclic) bond motifs is 1. The normalized spacial score (nSPS) is 15.0. The Balaban J connectivity index is 2.33. The zero-order valence-electron chi connectivity index (χ0n) is 7.72. The number of carbonyl (C=O) groups excluding carboxylic acids is 1. The maximum absolute atomic E-state index is 10.9. The molecule has 0 saturated carbocycles. The molecule has 0 radical (unpaired) electrons. The van der Waals surface area contributed by atoms with Gasteiger partial charge in [0.25, 0.3) is 0 Å². The van der Waals surface area contributed by atoms with E-state index in [-0.39, 0.29) is 5.91 Å². The van der Waals surface area contributed by atoms with Gasteiger partial charge in [-0.2, -0.15) is 0 Å². The highest BCUT2D eigenvalue weighted by atomic mass is 79.9. The minimum Gasteiger partial charge on any atom is -0.376 e. The summed E-state index contributed by atoms with van der Waals surface area (Å²) in [7, 11) is 0. The molecule has 0 saturated heterocycles. The van der Waals surface area contributed by atoms with E-state index in [1.165, 1.54) is 17.4 Å². The number of thiophene rings is 1. The third kappa shape index (κ3) is 1.85. The van der Waals surface area contributed by atoms with E-state index in [0.29, 0.717) is 6.61 Å². The molecule has 5 heteroatoms. The number of carbonyl (C=O) groups is 1. The first kappa shape index (κ1) is 10.1. The zero-order chi connectivity index (χ0) is 10.1. The number of nitrogens with one attached hydrogen (secondary N) is 1. The number of rotatable bonds is 1. The van der Waals surface area contributed by atoms with E-state index in [4.69, 9.17) is 4.74 Å². The first-order valence-corrected chi connectivity index (χ1v) is 5.95. The van der Waals surface area contributed by atoms with Crippen LogP contribution in [0, 0.1) is 0 Å². The molecule has 76 valence electrons. The molecule has 1 aromatic heterocycles. The molecule has 0 fully saturated rings. The molecule has 0 bridgehead atoms. The van der Waals surface area contributed by atoms with Gasteiger partial charge in [0.15, 0.2) is 0 Å². The van der Waals surface area contributed by atoms with Gasteiger partial charge in [-0.25, -0.2) is 0 Å². The molecule has 1 aromatic rings. The van der Waals surface area contributed by atoms with Gasteiger partial charge in [0.05, 0.1) is 17.7 Å². The maximum atomic E-state index is 10.9. The fourth-order valence-electron chi connectivity index (χ4n) is 1.43.